The van der Waals surface area contributed by atoms with Crippen LogP contribution in [0, 0.1) is 5.92 Å². The third-order valence-electron chi connectivity index (χ3n) is 4.65. The van der Waals surface area contributed by atoms with Gasteiger partial charge in [-0.3, -0.25) is 4.79 Å². The van der Waals surface area contributed by atoms with Crippen LogP contribution in [0.2, 0.25) is 0 Å². The fourth-order valence-corrected chi connectivity index (χ4v) is 4.13. The number of rotatable bonds is 6. The van der Waals surface area contributed by atoms with Crippen LogP contribution in [0.15, 0.2) is 41.9 Å². The lowest BCUT2D eigenvalue weighted by Crippen LogP contribution is -2.39. The number of aromatic nitrogens is 1. The van der Waals surface area contributed by atoms with Gasteiger partial charge < -0.3 is 14.6 Å². The number of carboxylic acid groups (broad SMARTS) is 1. The number of thiophene rings is 1. The Kier molecular flexibility index (Phi) is 5.53. The van der Waals surface area contributed by atoms with Gasteiger partial charge in [-0.05, 0) is 49.4 Å². The van der Waals surface area contributed by atoms with Crippen LogP contribution in [0.5, 0.6) is 0 Å². The van der Waals surface area contributed by atoms with Crippen molar-refractivity contribution in [3.8, 4) is 0 Å². The van der Waals surface area contributed by atoms with Crippen molar-refractivity contribution in [1.29, 1.82) is 0 Å². The second kappa shape index (κ2) is 7.81. The molecule has 2 aromatic heterocycles. The van der Waals surface area contributed by atoms with E-state index in [1.165, 1.54) is 16.1 Å². The van der Waals surface area contributed by atoms with Crippen molar-refractivity contribution in [2.75, 3.05) is 19.6 Å². The molecular formula is C19H24N2O2S. The molecule has 1 fully saturated rings. The van der Waals surface area contributed by atoms with Crippen molar-refractivity contribution < 1.29 is 9.90 Å². The first-order chi connectivity index (χ1) is 11.6. The SMILES string of the molecule is Cn1cccc1/C(=C/CCN1CCCC(C(=O)O)C1)c1cccs1. The van der Waals surface area contributed by atoms with Crippen molar-refractivity contribution in [2.24, 2.45) is 13.0 Å². The topological polar surface area (TPSA) is 45.5 Å². The second-order valence-electron chi connectivity index (χ2n) is 6.37. The van der Waals surface area contributed by atoms with Crippen LogP contribution in [-0.4, -0.2) is 40.2 Å². The van der Waals surface area contributed by atoms with Gasteiger partial charge in [-0.1, -0.05) is 12.1 Å². The van der Waals surface area contributed by atoms with Crippen LogP contribution >= 0.6 is 11.3 Å². The summed E-state index contributed by atoms with van der Waals surface area (Å²) < 4.78 is 2.15. The molecule has 0 aromatic carbocycles. The molecule has 1 atom stereocenters. The van der Waals surface area contributed by atoms with Crippen molar-refractivity contribution in [1.82, 2.24) is 9.47 Å². The fraction of sp³-hybridized carbons (Fsp3) is 0.421. The molecule has 128 valence electrons. The summed E-state index contributed by atoms with van der Waals surface area (Å²) in [5.74, 6) is -0.856. The summed E-state index contributed by atoms with van der Waals surface area (Å²) in [6, 6.07) is 8.45. The molecule has 4 nitrogen and oxygen atoms in total. The number of piperidine rings is 1. The number of aliphatic carboxylic acids is 1. The van der Waals surface area contributed by atoms with Gasteiger partial charge in [-0.25, -0.2) is 0 Å². The minimum absolute atomic E-state index is 0.202. The third-order valence-corrected chi connectivity index (χ3v) is 5.56. The van der Waals surface area contributed by atoms with E-state index in [1.807, 2.05) is 0 Å². The number of aryl methyl sites for hydroxylation is 1. The first-order valence-corrected chi connectivity index (χ1v) is 9.34. The highest BCUT2D eigenvalue weighted by molar-refractivity contribution is 7.11. The maximum Gasteiger partial charge on any atom is 0.307 e. The summed E-state index contributed by atoms with van der Waals surface area (Å²) in [5, 5.41) is 11.3. The molecule has 2 aromatic rings. The smallest absolute Gasteiger partial charge is 0.307 e. The zero-order valence-electron chi connectivity index (χ0n) is 14.0. The van der Waals surface area contributed by atoms with E-state index in [1.54, 1.807) is 11.3 Å². The van der Waals surface area contributed by atoms with E-state index in [0.29, 0.717) is 6.54 Å². The molecule has 1 N–H and O–H groups in total. The number of likely N-dealkylation sites (tertiary alicyclic amines) is 1. The predicted molar refractivity (Wildman–Crippen MR) is 98.2 cm³/mol. The quantitative estimate of drug-likeness (QED) is 0.869. The second-order valence-corrected chi connectivity index (χ2v) is 7.31. The van der Waals surface area contributed by atoms with Crippen LogP contribution in [0.4, 0.5) is 0 Å². The Morgan fingerprint density at radius 1 is 1.42 bits per heavy atom. The van der Waals surface area contributed by atoms with Gasteiger partial charge in [-0.2, -0.15) is 0 Å². The molecule has 3 rings (SSSR count). The zero-order valence-corrected chi connectivity index (χ0v) is 14.8. The molecule has 24 heavy (non-hydrogen) atoms. The number of carbonyl (C=O) groups is 1. The van der Waals surface area contributed by atoms with Gasteiger partial charge >= 0.3 is 5.97 Å². The monoisotopic (exact) mass is 344 g/mol. The molecule has 5 heteroatoms. The lowest BCUT2D eigenvalue weighted by molar-refractivity contribution is -0.143. The van der Waals surface area contributed by atoms with E-state index in [-0.39, 0.29) is 5.92 Å². The maximum absolute atomic E-state index is 11.2. The van der Waals surface area contributed by atoms with Crippen LogP contribution < -0.4 is 0 Å². The van der Waals surface area contributed by atoms with E-state index in [0.717, 1.165) is 32.4 Å². The van der Waals surface area contributed by atoms with Crippen LogP contribution in [0.3, 0.4) is 0 Å². The fourth-order valence-electron chi connectivity index (χ4n) is 3.36. The number of hydrogen-bond acceptors (Lipinski definition) is 3. The van der Waals surface area contributed by atoms with Crippen molar-refractivity contribution >= 4 is 22.9 Å². The molecule has 3 heterocycles. The molecule has 1 aliphatic rings. The summed E-state index contributed by atoms with van der Waals surface area (Å²) in [4.78, 5) is 14.8. The first kappa shape index (κ1) is 17.0. The Balaban J connectivity index is 1.68. The van der Waals surface area contributed by atoms with Crippen LogP contribution in [-0.2, 0) is 11.8 Å². The van der Waals surface area contributed by atoms with Gasteiger partial charge in [-0.15, -0.1) is 11.3 Å². The molecule has 1 unspecified atom stereocenters. The van der Waals surface area contributed by atoms with Gasteiger partial charge in [0, 0.05) is 42.5 Å². The highest BCUT2D eigenvalue weighted by Crippen LogP contribution is 2.28. The first-order valence-electron chi connectivity index (χ1n) is 8.46. The zero-order chi connectivity index (χ0) is 16.9. The highest BCUT2D eigenvalue weighted by atomic mass is 32.1. The normalized spacial score (nSPS) is 19.5. The summed E-state index contributed by atoms with van der Waals surface area (Å²) >= 11 is 1.76. The van der Waals surface area contributed by atoms with E-state index >= 15 is 0 Å². The molecule has 0 bridgehead atoms. The third kappa shape index (κ3) is 3.97. The molecule has 0 amide bonds. The number of hydrogen-bond donors (Lipinski definition) is 1. The standard InChI is InChI=1S/C19H24N2O2S/c1-20-10-4-8-17(20)16(18-9-5-13-24-18)7-3-12-21-11-2-6-15(14-21)19(22)23/h4-5,7-10,13,15H,2-3,6,11-12,14H2,1H3,(H,22,23)/b16-7-. The average Bonchev–Trinajstić information content (AvgIpc) is 3.24. The Bertz CT molecular complexity index is 703. The van der Waals surface area contributed by atoms with Gasteiger partial charge in [0.1, 0.15) is 0 Å². The number of nitrogens with zero attached hydrogens (tertiary/aromatic N) is 2. The minimum Gasteiger partial charge on any atom is -0.481 e. The predicted octanol–water partition coefficient (Wildman–Crippen LogP) is 3.71. The van der Waals surface area contributed by atoms with Crippen molar-refractivity contribution in [3.05, 3.63) is 52.5 Å². The van der Waals surface area contributed by atoms with E-state index in [9.17, 15) is 9.90 Å². The van der Waals surface area contributed by atoms with Crippen molar-refractivity contribution in [2.45, 2.75) is 19.3 Å². The van der Waals surface area contributed by atoms with Gasteiger partial charge in [0.15, 0.2) is 0 Å². The van der Waals surface area contributed by atoms with E-state index < -0.39 is 5.97 Å². The number of carboxylic acids is 1. The molecule has 0 spiro atoms. The highest BCUT2D eigenvalue weighted by Gasteiger charge is 2.24. The minimum atomic E-state index is -0.654. The summed E-state index contributed by atoms with van der Waals surface area (Å²) in [6.45, 7) is 2.61. The van der Waals surface area contributed by atoms with E-state index in [2.05, 4.69) is 58.4 Å². The Morgan fingerprint density at radius 2 is 2.29 bits per heavy atom. The Morgan fingerprint density at radius 3 is 2.96 bits per heavy atom. The largest absolute Gasteiger partial charge is 0.481 e. The van der Waals surface area contributed by atoms with Crippen molar-refractivity contribution in [3.63, 3.8) is 0 Å². The van der Waals surface area contributed by atoms with Gasteiger partial charge in [0.25, 0.3) is 0 Å². The Hall–Kier alpha value is -1.85. The van der Waals surface area contributed by atoms with Gasteiger partial charge in [0.05, 0.1) is 5.92 Å². The molecule has 1 aliphatic heterocycles. The maximum atomic E-state index is 11.2. The van der Waals surface area contributed by atoms with Crippen LogP contribution in [0.1, 0.15) is 29.8 Å². The lowest BCUT2D eigenvalue weighted by atomic mass is 9.98. The molecular weight excluding hydrogens is 320 g/mol. The molecule has 0 saturated carbocycles. The average molecular weight is 344 g/mol. The summed E-state index contributed by atoms with van der Waals surface area (Å²) in [5.41, 5.74) is 2.49. The lowest BCUT2D eigenvalue weighted by Gasteiger charge is -2.30. The van der Waals surface area contributed by atoms with Gasteiger partial charge in [0.2, 0.25) is 0 Å². The van der Waals surface area contributed by atoms with Crippen LogP contribution in [0.25, 0.3) is 5.57 Å². The van der Waals surface area contributed by atoms with E-state index in [4.69, 9.17) is 0 Å². The molecule has 0 radical (unpaired) electrons. The summed E-state index contributed by atoms with van der Waals surface area (Å²) in [6.07, 6.45) is 7.09. The molecule has 0 aliphatic carbocycles. The Labute approximate surface area is 147 Å². The molecule has 1 saturated heterocycles. The summed E-state index contributed by atoms with van der Waals surface area (Å²) in [7, 11) is 2.07.